The molecular weight excluding hydrogens is 291 g/mol. The first-order valence-corrected chi connectivity index (χ1v) is 7.06. The van der Waals surface area contributed by atoms with Crippen molar-refractivity contribution < 1.29 is 13.5 Å². The molecule has 1 N–H and O–H groups in total. The van der Waals surface area contributed by atoms with E-state index in [2.05, 4.69) is 5.32 Å². The van der Waals surface area contributed by atoms with Gasteiger partial charge in [-0.25, -0.2) is 0 Å². The van der Waals surface area contributed by atoms with Crippen LogP contribution >= 0.6 is 20.8 Å². The molecule has 0 fully saturated rings. The first kappa shape index (κ1) is 18.6. The Morgan fingerprint density at radius 1 is 1.37 bits per heavy atom. The summed E-state index contributed by atoms with van der Waals surface area (Å²) in [6, 6.07) is 2.78. The van der Waals surface area contributed by atoms with Gasteiger partial charge < -0.3 is 10.1 Å². The standard InChI is InChI=1S/C11H15ClF2NOP.C2H6/c1-7-5-8(11(13,14)17)9(12)6-10(7)16-4-3-15-2;1-2/h5-6,15H,3-4,17H2,1-2H3;1-2H3. The topological polar surface area (TPSA) is 21.3 Å². The Kier molecular flexibility index (Phi) is 8.47. The van der Waals surface area contributed by atoms with E-state index in [4.69, 9.17) is 16.3 Å². The van der Waals surface area contributed by atoms with Crippen molar-refractivity contribution in [1.82, 2.24) is 5.32 Å². The molecule has 0 spiro atoms. The molecule has 1 aromatic rings. The van der Waals surface area contributed by atoms with Crippen molar-refractivity contribution in [2.75, 3.05) is 20.2 Å². The predicted octanol–water partition coefficient (Wildman–Crippen LogP) is 4.20. The van der Waals surface area contributed by atoms with Crippen LogP contribution in [0.25, 0.3) is 0 Å². The zero-order chi connectivity index (χ0) is 15.1. The van der Waals surface area contributed by atoms with E-state index in [0.29, 0.717) is 24.5 Å². The van der Waals surface area contributed by atoms with Crippen LogP contribution in [0.3, 0.4) is 0 Å². The van der Waals surface area contributed by atoms with Crippen LogP contribution in [0.2, 0.25) is 5.02 Å². The average molecular weight is 312 g/mol. The minimum absolute atomic E-state index is 0.00931. The molecule has 1 rings (SSSR count). The molecule has 0 amide bonds. The third-order valence-corrected chi connectivity index (χ3v) is 2.86. The molecule has 0 saturated heterocycles. The lowest BCUT2D eigenvalue weighted by atomic mass is 10.1. The number of benzene rings is 1. The summed E-state index contributed by atoms with van der Waals surface area (Å²) in [6.45, 7) is 6.85. The molecule has 110 valence electrons. The van der Waals surface area contributed by atoms with Crippen molar-refractivity contribution in [3.8, 4) is 5.75 Å². The highest BCUT2D eigenvalue weighted by atomic mass is 35.5. The summed E-state index contributed by atoms with van der Waals surface area (Å²) in [4.78, 5) is 0. The molecule has 0 bridgehead atoms. The van der Waals surface area contributed by atoms with E-state index in [0.717, 1.165) is 0 Å². The molecule has 0 aliphatic rings. The largest absolute Gasteiger partial charge is 0.492 e. The van der Waals surface area contributed by atoms with Crippen LogP contribution in [0.1, 0.15) is 25.0 Å². The van der Waals surface area contributed by atoms with E-state index in [1.54, 1.807) is 14.0 Å². The van der Waals surface area contributed by atoms with Gasteiger partial charge in [0.05, 0.1) is 5.02 Å². The number of halogens is 3. The van der Waals surface area contributed by atoms with Gasteiger partial charge in [-0.1, -0.05) is 34.7 Å². The van der Waals surface area contributed by atoms with E-state index in [1.165, 1.54) is 21.4 Å². The smallest absolute Gasteiger partial charge is 0.285 e. The highest BCUT2D eigenvalue weighted by Crippen LogP contribution is 2.41. The van der Waals surface area contributed by atoms with Gasteiger partial charge >= 0.3 is 0 Å². The van der Waals surface area contributed by atoms with Crippen molar-refractivity contribution in [1.29, 1.82) is 0 Å². The van der Waals surface area contributed by atoms with Gasteiger partial charge in [-0.3, -0.25) is 0 Å². The molecule has 0 saturated carbocycles. The maximum absolute atomic E-state index is 13.2. The first-order valence-electron chi connectivity index (χ1n) is 6.11. The summed E-state index contributed by atoms with van der Waals surface area (Å²) in [5.41, 5.74) is -2.59. The molecule has 2 nitrogen and oxygen atoms in total. The maximum Gasteiger partial charge on any atom is 0.285 e. The molecule has 0 radical (unpaired) electrons. The maximum atomic E-state index is 13.2. The first-order chi connectivity index (χ1) is 8.86. The number of hydrogen-bond acceptors (Lipinski definition) is 2. The second-order valence-corrected chi connectivity index (χ2v) is 4.80. The molecule has 1 unspecified atom stereocenters. The van der Waals surface area contributed by atoms with E-state index >= 15 is 0 Å². The Morgan fingerprint density at radius 3 is 2.42 bits per heavy atom. The number of alkyl halides is 2. The molecule has 0 heterocycles. The summed E-state index contributed by atoms with van der Waals surface area (Å²) in [6.07, 6.45) is 0. The van der Waals surface area contributed by atoms with Gasteiger partial charge in [0.2, 0.25) is 0 Å². The van der Waals surface area contributed by atoms with Crippen LogP contribution in [-0.4, -0.2) is 20.2 Å². The molecule has 1 atom stereocenters. The van der Waals surface area contributed by atoms with Gasteiger partial charge in [-0.15, -0.1) is 0 Å². The van der Waals surface area contributed by atoms with Crippen LogP contribution in [0, 0.1) is 6.92 Å². The Hall–Kier alpha value is -0.440. The monoisotopic (exact) mass is 311 g/mol. The fourth-order valence-corrected chi connectivity index (χ4v) is 1.95. The Bertz CT molecular complexity index is 397. The second kappa shape index (κ2) is 8.68. The summed E-state index contributed by atoms with van der Waals surface area (Å²) in [5.74, 6) is 0.531. The summed E-state index contributed by atoms with van der Waals surface area (Å²) < 4.78 is 31.7. The van der Waals surface area contributed by atoms with E-state index in [1.807, 2.05) is 13.8 Å². The molecule has 6 heteroatoms. The number of ether oxygens (including phenoxy) is 1. The second-order valence-electron chi connectivity index (χ2n) is 3.67. The molecule has 19 heavy (non-hydrogen) atoms. The highest BCUT2D eigenvalue weighted by molar-refractivity contribution is 7.17. The number of nitrogens with one attached hydrogen (secondary N) is 1. The SMILES string of the molecule is CC.CNCCOc1cc(Cl)c(C(F)(F)P)cc1C. The molecule has 0 aliphatic heterocycles. The summed E-state index contributed by atoms with van der Waals surface area (Å²) in [5, 5.41) is 2.94. The number of aryl methyl sites for hydroxylation is 1. The molecule has 1 aromatic carbocycles. The van der Waals surface area contributed by atoms with Crippen LogP contribution < -0.4 is 10.1 Å². The van der Waals surface area contributed by atoms with Gasteiger partial charge in [-0.05, 0) is 31.7 Å². The van der Waals surface area contributed by atoms with Crippen LogP contribution in [0.5, 0.6) is 5.75 Å². The van der Waals surface area contributed by atoms with Gasteiger partial charge in [-0.2, -0.15) is 8.78 Å². The molecule has 0 aromatic heterocycles. The van der Waals surface area contributed by atoms with Crippen molar-refractivity contribution in [2.24, 2.45) is 0 Å². The normalized spacial score (nSPS) is 10.7. The van der Waals surface area contributed by atoms with Gasteiger partial charge in [0, 0.05) is 12.1 Å². The van der Waals surface area contributed by atoms with Crippen LogP contribution in [0.4, 0.5) is 8.78 Å². The third-order valence-electron chi connectivity index (χ3n) is 2.23. The quantitative estimate of drug-likeness (QED) is 0.650. The third kappa shape index (κ3) is 6.03. The predicted molar refractivity (Wildman–Crippen MR) is 80.6 cm³/mol. The number of hydrogen-bond donors (Lipinski definition) is 1. The minimum Gasteiger partial charge on any atom is -0.492 e. The molecular formula is C13H21ClF2NOP. The Morgan fingerprint density at radius 2 is 1.95 bits per heavy atom. The summed E-state index contributed by atoms with van der Waals surface area (Å²) in [7, 11) is 3.29. The minimum atomic E-state index is -3.02. The van der Waals surface area contributed by atoms with Crippen molar-refractivity contribution in [3.63, 3.8) is 0 Å². The Balaban J connectivity index is 0.00000154. The zero-order valence-corrected chi connectivity index (χ0v) is 13.6. The van der Waals surface area contributed by atoms with Gasteiger partial charge in [0.25, 0.3) is 5.66 Å². The van der Waals surface area contributed by atoms with E-state index in [9.17, 15) is 8.78 Å². The summed E-state index contributed by atoms with van der Waals surface area (Å²) >= 11 is 5.81. The van der Waals surface area contributed by atoms with Crippen LogP contribution in [0.15, 0.2) is 12.1 Å². The molecule has 0 aliphatic carbocycles. The van der Waals surface area contributed by atoms with E-state index in [-0.39, 0.29) is 10.6 Å². The number of rotatable bonds is 5. The lowest BCUT2D eigenvalue weighted by Gasteiger charge is -2.16. The van der Waals surface area contributed by atoms with E-state index < -0.39 is 5.66 Å². The fourth-order valence-electron chi connectivity index (χ4n) is 1.34. The Labute approximate surface area is 121 Å². The lowest BCUT2D eigenvalue weighted by Crippen LogP contribution is -2.16. The fraction of sp³-hybridized carbons (Fsp3) is 0.538. The average Bonchev–Trinajstić information content (AvgIpc) is 2.34. The van der Waals surface area contributed by atoms with Crippen molar-refractivity contribution in [3.05, 3.63) is 28.3 Å². The van der Waals surface area contributed by atoms with Gasteiger partial charge in [0.1, 0.15) is 12.4 Å². The van der Waals surface area contributed by atoms with Crippen LogP contribution in [-0.2, 0) is 5.66 Å². The number of likely N-dealkylation sites (N-methyl/N-ethyl adjacent to an activating group) is 1. The van der Waals surface area contributed by atoms with Gasteiger partial charge in [0.15, 0.2) is 0 Å². The van der Waals surface area contributed by atoms with Crippen molar-refractivity contribution in [2.45, 2.75) is 26.4 Å². The lowest BCUT2D eigenvalue weighted by molar-refractivity contribution is 0.104. The highest BCUT2D eigenvalue weighted by Gasteiger charge is 2.28. The zero-order valence-electron chi connectivity index (χ0n) is 11.7. The van der Waals surface area contributed by atoms with Crippen molar-refractivity contribution >= 4 is 20.8 Å².